The summed E-state index contributed by atoms with van der Waals surface area (Å²) in [5.41, 5.74) is 1.30. The second-order valence-corrected chi connectivity index (χ2v) is 4.81. The van der Waals surface area contributed by atoms with Gasteiger partial charge >= 0.3 is 0 Å². The minimum Gasteiger partial charge on any atom is -0.481 e. The van der Waals surface area contributed by atoms with Crippen molar-refractivity contribution in [2.75, 3.05) is 13.7 Å². The monoisotopic (exact) mass is 234 g/mol. The average molecular weight is 234 g/mol. The second kappa shape index (κ2) is 6.01. The lowest BCUT2D eigenvalue weighted by Gasteiger charge is -2.17. The van der Waals surface area contributed by atoms with Gasteiger partial charge in [0, 0.05) is 18.3 Å². The molecule has 3 heteroatoms. The van der Waals surface area contributed by atoms with Gasteiger partial charge in [0.05, 0.1) is 7.11 Å². The Morgan fingerprint density at radius 2 is 2.29 bits per heavy atom. The van der Waals surface area contributed by atoms with Gasteiger partial charge in [0.15, 0.2) is 0 Å². The summed E-state index contributed by atoms with van der Waals surface area (Å²) in [5.74, 6) is 1.57. The van der Waals surface area contributed by atoms with Crippen LogP contribution in [0.1, 0.15) is 31.7 Å². The van der Waals surface area contributed by atoms with Crippen LogP contribution in [0.3, 0.4) is 0 Å². The third-order valence-corrected chi connectivity index (χ3v) is 3.31. The van der Waals surface area contributed by atoms with Gasteiger partial charge in [-0.2, -0.15) is 0 Å². The third-order valence-electron chi connectivity index (χ3n) is 3.31. The fourth-order valence-electron chi connectivity index (χ4n) is 2.14. The van der Waals surface area contributed by atoms with Crippen LogP contribution in [0.15, 0.2) is 18.3 Å². The van der Waals surface area contributed by atoms with Crippen molar-refractivity contribution in [3.63, 3.8) is 0 Å². The minimum absolute atomic E-state index is 0.630. The number of aromatic nitrogens is 1. The molecule has 1 aromatic heterocycles. The molecule has 1 N–H and O–H groups in total. The average Bonchev–Trinajstić information content (AvgIpc) is 3.19. The molecule has 1 aliphatic rings. The number of hydrogen-bond donors (Lipinski definition) is 1. The van der Waals surface area contributed by atoms with Crippen molar-refractivity contribution < 1.29 is 4.74 Å². The fraction of sp³-hybridized carbons (Fsp3) is 0.643. The smallest absolute Gasteiger partial charge is 0.212 e. The molecule has 0 spiro atoms. The summed E-state index contributed by atoms with van der Waals surface area (Å²) in [6.07, 6.45) is 6.98. The van der Waals surface area contributed by atoms with Gasteiger partial charge < -0.3 is 10.1 Å². The molecule has 2 rings (SSSR count). The molecule has 0 saturated heterocycles. The van der Waals surface area contributed by atoms with E-state index in [1.807, 2.05) is 12.3 Å². The van der Waals surface area contributed by atoms with Crippen LogP contribution in [0.2, 0.25) is 0 Å². The van der Waals surface area contributed by atoms with E-state index >= 15 is 0 Å². The van der Waals surface area contributed by atoms with Gasteiger partial charge in [-0.25, -0.2) is 4.98 Å². The van der Waals surface area contributed by atoms with Gasteiger partial charge in [0.25, 0.3) is 0 Å². The molecule has 1 saturated carbocycles. The standard InChI is InChI=1S/C14H22N2O/c1-3-8-15-13(12-5-6-12)9-11-4-7-14(17-2)16-10-11/h4,7,10,12-13,15H,3,5-6,8-9H2,1-2H3. The summed E-state index contributed by atoms with van der Waals surface area (Å²) in [5, 5.41) is 3.65. The van der Waals surface area contributed by atoms with Crippen molar-refractivity contribution in [1.82, 2.24) is 10.3 Å². The van der Waals surface area contributed by atoms with Crippen LogP contribution in [-0.4, -0.2) is 24.7 Å². The first-order valence-corrected chi connectivity index (χ1v) is 6.55. The normalized spacial score (nSPS) is 16.8. The topological polar surface area (TPSA) is 34.1 Å². The number of rotatable bonds is 7. The van der Waals surface area contributed by atoms with E-state index in [0.717, 1.165) is 18.9 Å². The van der Waals surface area contributed by atoms with Crippen molar-refractivity contribution in [3.05, 3.63) is 23.9 Å². The maximum absolute atomic E-state index is 5.07. The Balaban J connectivity index is 1.91. The zero-order chi connectivity index (χ0) is 12.1. The van der Waals surface area contributed by atoms with Crippen LogP contribution in [-0.2, 0) is 6.42 Å². The summed E-state index contributed by atoms with van der Waals surface area (Å²) in [4.78, 5) is 4.26. The Labute approximate surface area is 104 Å². The van der Waals surface area contributed by atoms with Gasteiger partial charge in [-0.3, -0.25) is 0 Å². The molecule has 1 atom stereocenters. The Bertz CT molecular complexity index is 333. The van der Waals surface area contributed by atoms with Crippen molar-refractivity contribution >= 4 is 0 Å². The van der Waals surface area contributed by atoms with Gasteiger partial charge in [0.2, 0.25) is 5.88 Å². The zero-order valence-electron chi connectivity index (χ0n) is 10.8. The Hall–Kier alpha value is -1.09. The molecule has 1 aliphatic carbocycles. The Kier molecular flexibility index (Phi) is 4.37. The predicted octanol–water partition coefficient (Wildman–Crippen LogP) is 2.41. The fourth-order valence-corrected chi connectivity index (χ4v) is 2.14. The van der Waals surface area contributed by atoms with E-state index in [1.165, 1.54) is 24.8 Å². The third kappa shape index (κ3) is 3.70. The number of pyridine rings is 1. The molecule has 17 heavy (non-hydrogen) atoms. The van der Waals surface area contributed by atoms with E-state index in [-0.39, 0.29) is 0 Å². The molecule has 3 nitrogen and oxygen atoms in total. The van der Waals surface area contributed by atoms with Crippen LogP contribution in [0, 0.1) is 5.92 Å². The van der Waals surface area contributed by atoms with Crippen LogP contribution < -0.4 is 10.1 Å². The van der Waals surface area contributed by atoms with Crippen LogP contribution in [0.4, 0.5) is 0 Å². The van der Waals surface area contributed by atoms with Gasteiger partial charge in [0.1, 0.15) is 0 Å². The molecule has 1 unspecified atom stereocenters. The molecular weight excluding hydrogens is 212 g/mol. The Morgan fingerprint density at radius 3 is 2.82 bits per heavy atom. The summed E-state index contributed by atoms with van der Waals surface area (Å²) in [6.45, 7) is 3.33. The van der Waals surface area contributed by atoms with Gasteiger partial charge in [-0.05, 0) is 43.7 Å². The Morgan fingerprint density at radius 1 is 1.47 bits per heavy atom. The first kappa shape index (κ1) is 12.4. The predicted molar refractivity (Wildman–Crippen MR) is 69.3 cm³/mol. The number of hydrogen-bond acceptors (Lipinski definition) is 3. The highest BCUT2D eigenvalue weighted by molar-refractivity contribution is 5.19. The molecule has 0 aliphatic heterocycles. The summed E-state index contributed by atoms with van der Waals surface area (Å²) in [6, 6.07) is 4.69. The number of nitrogens with one attached hydrogen (secondary N) is 1. The lowest BCUT2D eigenvalue weighted by molar-refractivity contribution is 0.397. The van der Waals surface area contributed by atoms with Crippen molar-refractivity contribution in [1.29, 1.82) is 0 Å². The minimum atomic E-state index is 0.630. The van der Waals surface area contributed by atoms with Crippen molar-refractivity contribution in [3.8, 4) is 5.88 Å². The summed E-state index contributed by atoms with van der Waals surface area (Å²) < 4.78 is 5.07. The molecule has 0 bridgehead atoms. The largest absolute Gasteiger partial charge is 0.481 e. The number of methoxy groups -OCH3 is 1. The lowest BCUT2D eigenvalue weighted by Crippen LogP contribution is -2.33. The first-order valence-electron chi connectivity index (χ1n) is 6.55. The SMILES string of the molecule is CCCNC(Cc1ccc(OC)nc1)C1CC1. The highest BCUT2D eigenvalue weighted by Gasteiger charge is 2.30. The van der Waals surface area contributed by atoms with Gasteiger partial charge in [-0.1, -0.05) is 13.0 Å². The zero-order valence-corrected chi connectivity index (χ0v) is 10.8. The molecule has 1 aromatic rings. The van der Waals surface area contributed by atoms with E-state index < -0.39 is 0 Å². The van der Waals surface area contributed by atoms with Gasteiger partial charge in [-0.15, -0.1) is 0 Å². The molecule has 1 fully saturated rings. The van der Waals surface area contributed by atoms with Crippen molar-refractivity contribution in [2.24, 2.45) is 5.92 Å². The number of nitrogens with zero attached hydrogens (tertiary/aromatic N) is 1. The first-order chi connectivity index (χ1) is 8.33. The van der Waals surface area contributed by atoms with Crippen LogP contribution >= 0.6 is 0 Å². The van der Waals surface area contributed by atoms with Crippen LogP contribution in [0.5, 0.6) is 5.88 Å². The van der Waals surface area contributed by atoms with E-state index in [2.05, 4.69) is 23.3 Å². The molecular formula is C14H22N2O. The molecule has 0 amide bonds. The molecule has 1 heterocycles. The second-order valence-electron chi connectivity index (χ2n) is 4.81. The highest BCUT2D eigenvalue weighted by atomic mass is 16.5. The van der Waals surface area contributed by atoms with Crippen LogP contribution in [0.25, 0.3) is 0 Å². The van der Waals surface area contributed by atoms with E-state index in [9.17, 15) is 0 Å². The van der Waals surface area contributed by atoms with E-state index in [0.29, 0.717) is 11.9 Å². The van der Waals surface area contributed by atoms with Crippen molar-refractivity contribution in [2.45, 2.75) is 38.6 Å². The maximum Gasteiger partial charge on any atom is 0.212 e. The lowest BCUT2D eigenvalue weighted by atomic mass is 10.0. The molecule has 0 radical (unpaired) electrons. The van der Waals surface area contributed by atoms with E-state index in [4.69, 9.17) is 4.74 Å². The quantitative estimate of drug-likeness (QED) is 0.786. The highest BCUT2D eigenvalue weighted by Crippen LogP contribution is 2.34. The summed E-state index contributed by atoms with van der Waals surface area (Å²) in [7, 11) is 1.65. The van der Waals surface area contributed by atoms with E-state index in [1.54, 1.807) is 7.11 Å². The summed E-state index contributed by atoms with van der Waals surface area (Å²) >= 11 is 0. The maximum atomic E-state index is 5.07. The number of ether oxygens (including phenoxy) is 1. The molecule has 0 aromatic carbocycles. The molecule has 94 valence electrons.